The molecule has 0 heterocycles. The fourth-order valence-electron chi connectivity index (χ4n) is 2.00. The minimum Gasteiger partial charge on any atom is -0.395 e. The van der Waals surface area contributed by atoms with Crippen molar-refractivity contribution in [3.8, 4) is 11.8 Å². The van der Waals surface area contributed by atoms with Gasteiger partial charge in [0.2, 0.25) is 11.4 Å². The van der Waals surface area contributed by atoms with E-state index >= 15 is 0 Å². The van der Waals surface area contributed by atoms with Crippen LogP contribution in [0.2, 0.25) is 0 Å². The van der Waals surface area contributed by atoms with Crippen LogP contribution in [0.4, 0.5) is 13.2 Å². The van der Waals surface area contributed by atoms with Crippen LogP contribution in [0.3, 0.4) is 0 Å². The molecule has 0 saturated heterocycles. The van der Waals surface area contributed by atoms with E-state index in [1.54, 1.807) is 6.26 Å². The Labute approximate surface area is 150 Å². The second-order valence-corrected chi connectivity index (χ2v) is 5.90. The van der Waals surface area contributed by atoms with Crippen LogP contribution in [0.5, 0.6) is 0 Å². The number of alkyl halides is 3. The first-order valence-corrected chi connectivity index (χ1v) is 8.70. The number of amides is 1. The Morgan fingerprint density at radius 1 is 1.32 bits per heavy atom. The molecule has 4 nitrogen and oxygen atoms in total. The zero-order chi connectivity index (χ0) is 18.9. The molecule has 1 amide bonds. The monoisotopic (exact) mass is 370 g/mol. The van der Waals surface area contributed by atoms with Gasteiger partial charge in [0.25, 0.3) is 0 Å². The van der Waals surface area contributed by atoms with E-state index in [0.717, 1.165) is 0 Å². The van der Waals surface area contributed by atoms with Crippen molar-refractivity contribution >= 4 is 31.0 Å². The summed E-state index contributed by atoms with van der Waals surface area (Å²) in [6.07, 6.45) is -3.05. The minimum atomic E-state index is -4.77. The van der Waals surface area contributed by atoms with Crippen LogP contribution >= 0.6 is 11.8 Å². The SMILES string of the molecule is [B]c1ccc([C@](C#CCSC)(NCC(=O)NCCO)C(F)(F)F)cc1. The number of aliphatic hydroxyl groups excluding tert-OH is 1. The Morgan fingerprint density at radius 2 is 1.96 bits per heavy atom. The van der Waals surface area contributed by atoms with Crippen molar-refractivity contribution in [2.75, 3.05) is 31.7 Å². The van der Waals surface area contributed by atoms with Crippen LogP contribution in [-0.4, -0.2) is 56.7 Å². The topological polar surface area (TPSA) is 61.4 Å². The molecule has 0 unspecified atom stereocenters. The lowest BCUT2D eigenvalue weighted by molar-refractivity contribution is -0.182. The van der Waals surface area contributed by atoms with Gasteiger partial charge in [0, 0.05) is 6.54 Å². The first-order chi connectivity index (χ1) is 11.8. The first-order valence-electron chi connectivity index (χ1n) is 7.31. The fraction of sp³-hybridized carbons (Fsp3) is 0.438. The van der Waals surface area contributed by atoms with Crippen molar-refractivity contribution in [2.45, 2.75) is 11.7 Å². The summed E-state index contributed by atoms with van der Waals surface area (Å²) in [6, 6.07) is 5.16. The summed E-state index contributed by atoms with van der Waals surface area (Å²) in [5.41, 5.74) is -2.54. The Morgan fingerprint density at radius 3 is 2.48 bits per heavy atom. The normalized spacial score (nSPS) is 13.5. The van der Waals surface area contributed by atoms with Crippen LogP contribution in [0.1, 0.15) is 5.56 Å². The lowest BCUT2D eigenvalue weighted by atomic mass is 9.86. The number of carbonyl (C=O) groups is 1. The van der Waals surface area contributed by atoms with Crippen molar-refractivity contribution in [2.24, 2.45) is 0 Å². The Bertz CT molecular complexity index is 629. The van der Waals surface area contributed by atoms with Gasteiger partial charge in [-0.25, -0.2) is 0 Å². The largest absolute Gasteiger partial charge is 0.422 e. The summed E-state index contributed by atoms with van der Waals surface area (Å²) in [7, 11) is 5.55. The van der Waals surface area contributed by atoms with E-state index in [0.29, 0.717) is 5.46 Å². The molecule has 9 heteroatoms. The molecule has 2 radical (unpaired) electrons. The quantitative estimate of drug-likeness (QED) is 0.478. The van der Waals surface area contributed by atoms with Gasteiger partial charge < -0.3 is 10.4 Å². The highest BCUT2D eigenvalue weighted by Crippen LogP contribution is 2.38. The summed E-state index contributed by atoms with van der Waals surface area (Å²) < 4.78 is 41.7. The van der Waals surface area contributed by atoms with Crippen LogP contribution in [0.15, 0.2) is 24.3 Å². The maximum atomic E-state index is 13.9. The van der Waals surface area contributed by atoms with Crippen molar-refractivity contribution in [1.29, 1.82) is 0 Å². The van der Waals surface area contributed by atoms with E-state index in [2.05, 4.69) is 22.5 Å². The van der Waals surface area contributed by atoms with Crippen LogP contribution in [0.25, 0.3) is 0 Å². The van der Waals surface area contributed by atoms with Gasteiger partial charge in [-0.05, 0) is 11.8 Å². The standard InChI is InChI=1S/C16H18BF3N2O2S/c1-25-10-2-7-15(16(18,19)20,12-3-5-13(17)6-4-12)22-11-14(24)21-8-9-23/h3-6,22-23H,8-11H2,1H3,(H,21,24)/t15-/m0/s1. The van der Waals surface area contributed by atoms with Crippen molar-refractivity contribution in [3.63, 3.8) is 0 Å². The predicted octanol–water partition coefficient (Wildman–Crippen LogP) is 0.302. The molecule has 3 N–H and O–H groups in total. The van der Waals surface area contributed by atoms with Crippen molar-refractivity contribution in [3.05, 3.63) is 29.8 Å². The third-order valence-corrected chi connectivity index (χ3v) is 3.64. The molecule has 134 valence electrons. The molecule has 0 bridgehead atoms. The summed E-state index contributed by atoms with van der Waals surface area (Å²) in [4.78, 5) is 11.7. The number of halogens is 3. The average Bonchev–Trinajstić information content (AvgIpc) is 2.56. The van der Waals surface area contributed by atoms with Gasteiger partial charge in [-0.1, -0.05) is 41.6 Å². The summed E-state index contributed by atoms with van der Waals surface area (Å²) in [6.45, 7) is -0.959. The summed E-state index contributed by atoms with van der Waals surface area (Å²) in [5.74, 6) is 4.27. The van der Waals surface area contributed by atoms with Crippen LogP contribution in [0, 0.1) is 11.8 Å². The predicted molar refractivity (Wildman–Crippen MR) is 93.8 cm³/mol. The summed E-state index contributed by atoms with van der Waals surface area (Å²) >= 11 is 1.29. The molecule has 1 aromatic rings. The number of nitrogens with one attached hydrogen (secondary N) is 2. The van der Waals surface area contributed by atoms with E-state index in [1.807, 2.05) is 0 Å². The number of carbonyl (C=O) groups excluding carboxylic acids is 1. The Kier molecular flexibility index (Phi) is 8.36. The number of thioether (sulfide) groups is 1. The number of hydrogen-bond donors (Lipinski definition) is 3. The number of rotatable bonds is 7. The van der Waals surface area contributed by atoms with Gasteiger partial charge in [0.15, 0.2) is 0 Å². The Balaban J connectivity index is 3.24. The van der Waals surface area contributed by atoms with Crippen molar-refractivity contribution in [1.82, 2.24) is 10.6 Å². The van der Waals surface area contributed by atoms with Crippen LogP contribution in [-0.2, 0) is 10.3 Å². The first kappa shape index (κ1) is 21.4. The molecule has 0 saturated carbocycles. The third-order valence-electron chi connectivity index (χ3n) is 3.21. The van der Waals surface area contributed by atoms with E-state index in [-0.39, 0.29) is 24.5 Å². The maximum Gasteiger partial charge on any atom is 0.422 e. The van der Waals surface area contributed by atoms with Gasteiger partial charge in [0.05, 0.1) is 18.9 Å². The molecular formula is C16H18BF3N2O2S. The molecule has 1 aromatic carbocycles. The average molecular weight is 370 g/mol. The third kappa shape index (κ3) is 5.99. The zero-order valence-electron chi connectivity index (χ0n) is 13.6. The van der Waals surface area contributed by atoms with E-state index < -0.39 is 24.2 Å². The molecule has 0 aliphatic rings. The number of benzene rings is 1. The van der Waals surface area contributed by atoms with Gasteiger partial charge in [-0.3, -0.25) is 10.1 Å². The molecule has 1 atom stereocenters. The zero-order valence-corrected chi connectivity index (χ0v) is 14.4. The second kappa shape index (κ2) is 9.75. The molecule has 1 rings (SSSR count). The summed E-state index contributed by atoms with van der Waals surface area (Å²) in [5, 5.41) is 13.2. The molecule has 0 aliphatic carbocycles. The lowest BCUT2D eigenvalue weighted by Gasteiger charge is -2.32. The highest BCUT2D eigenvalue weighted by Gasteiger charge is 2.55. The molecule has 0 fully saturated rings. The molecule has 0 aromatic heterocycles. The number of hydrogen-bond acceptors (Lipinski definition) is 4. The van der Waals surface area contributed by atoms with Gasteiger partial charge in [-0.2, -0.15) is 24.9 Å². The molecule has 25 heavy (non-hydrogen) atoms. The van der Waals surface area contributed by atoms with Gasteiger partial charge in [-0.15, -0.1) is 0 Å². The second-order valence-electron chi connectivity index (χ2n) is 5.03. The maximum absolute atomic E-state index is 13.9. The van der Waals surface area contributed by atoms with Gasteiger partial charge in [0.1, 0.15) is 7.85 Å². The highest BCUT2D eigenvalue weighted by atomic mass is 32.2. The molecule has 0 spiro atoms. The number of aliphatic hydroxyl groups is 1. The Hall–Kier alpha value is -1.63. The minimum absolute atomic E-state index is 0.0421. The van der Waals surface area contributed by atoms with E-state index in [9.17, 15) is 18.0 Å². The highest BCUT2D eigenvalue weighted by molar-refractivity contribution is 7.98. The lowest BCUT2D eigenvalue weighted by Crippen LogP contribution is -2.55. The van der Waals surface area contributed by atoms with Gasteiger partial charge >= 0.3 is 6.18 Å². The van der Waals surface area contributed by atoms with Crippen molar-refractivity contribution < 1.29 is 23.1 Å². The van der Waals surface area contributed by atoms with E-state index in [1.165, 1.54) is 36.0 Å². The molecule has 0 aliphatic heterocycles. The van der Waals surface area contributed by atoms with Crippen LogP contribution < -0.4 is 16.1 Å². The molecular weight excluding hydrogens is 352 g/mol. The fourth-order valence-corrected chi connectivity index (χ4v) is 2.21. The smallest absolute Gasteiger partial charge is 0.395 e. The van der Waals surface area contributed by atoms with E-state index in [4.69, 9.17) is 13.0 Å².